The van der Waals surface area contributed by atoms with Crippen LogP contribution in [0.4, 0.5) is 0 Å². The SMILES string of the molecule is CCOc1ccccc1-c1nnc(S[C@H](C(=O)N(C)C)C(C)C)o1. The van der Waals surface area contributed by atoms with Crippen LogP contribution in [0, 0.1) is 5.92 Å². The Balaban J connectivity index is 2.23. The molecule has 0 aliphatic heterocycles. The van der Waals surface area contributed by atoms with E-state index in [0.717, 1.165) is 5.56 Å². The van der Waals surface area contributed by atoms with Crippen molar-refractivity contribution in [2.45, 2.75) is 31.2 Å². The van der Waals surface area contributed by atoms with E-state index in [1.165, 1.54) is 11.8 Å². The first-order valence-corrected chi connectivity index (χ1v) is 8.75. The van der Waals surface area contributed by atoms with E-state index in [1.54, 1.807) is 19.0 Å². The molecule has 1 aromatic heterocycles. The fourth-order valence-electron chi connectivity index (χ4n) is 2.13. The molecule has 24 heavy (non-hydrogen) atoms. The predicted molar refractivity (Wildman–Crippen MR) is 94.1 cm³/mol. The molecule has 0 bridgehead atoms. The number of nitrogens with zero attached hydrogens (tertiary/aromatic N) is 3. The van der Waals surface area contributed by atoms with Crippen LogP contribution in [0.2, 0.25) is 0 Å². The van der Waals surface area contributed by atoms with Crippen molar-refractivity contribution >= 4 is 17.7 Å². The maximum atomic E-state index is 12.3. The summed E-state index contributed by atoms with van der Waals surface area (Å²) in [7, 11) is 3.49. The van der Waals surface area contributed by atoms with Gasteiger partial charge in [-0.1, -0.05) is 37.7 Å². The van der Waals surface area contributed by atoms with Crippen LogP contribution in [0.1, 0.15) is 20.8 Å². The maximum Gasteiger partial charge on any atom is 0.277 e. The lowest BCUT2D eigenvalue weighted by atomic mass is 10.1. The van der Waals surface area contributed by atoms with Gasteiger partial charge in [-0.25, -0.2) is 0 Å². The monoisotopic (exact) mass is 349 g/mol. The number of carbonyl (C=O) groups is 1. The molecule has 0 fully saturated rings. The number of amides is 1. The van der Waals surface area contributed by atoms with Crippen LogP contribution in [0.3, 0.4) is 0 Å². The summed E-state index contributed by atoms with van der Waals surface area (Å²) in [5, 5.41) is 8.29. The van der Waals surface area contributed by atoms with Crippen molar-refractivity contribution in [3.8, 4) is 17.2 Å². The lowest BCUT2D eigenvalue weighted by Gasteiger charge is -2.21. The average Bonchev–Trinajstić information content (AvgIpc) is 3.01. The lowest BCUT2D eigenvalue weighted by Crippen LogP contribution is -2.34. The van der Waals surface area contributed by atoms with Crippen molar-refractivity contribution in [3.05, 3.63) is 24.3 Å². The van der Waals surface area contributed by atoms with Gasteiger partial charge >= 0.3 is 0 Å². The van der Waals surface area contributed by atoms with E-state index in [4.69, 9.17) is 9.15 Å². The molecule has 0 saturated heterocycles. The number of rotatable bonds is 7. The molecular formula is C17H23N3O3S. The summed E-state index contributed by atoms with van der Waals surface area (Å²) < 4.78 is 11.4. The van der Waals surface area contributed by atoms with E-state index in [-0.39, 0.29) is 17.1 Å². The zero-order valence-electron chi connectivity index (χ0n) is 14.6. The van der Waals surface area contributed by atoms with Crippen molar-refractivity contribution in [2.75, 3.05) is 20.7 Å². The Morgan fingerprint density at radius 2 is 2.00 bits per heavy atom. The summed E-state index contributed by atoms with van der Waals surface area (Å²) in [5.74, 6) is 1.27. The molecule has 6 nitrogen and oxygen atoms in total. The molecule has 1 aromatic carbocycles. The summed E-state index contributed by atoms with van der Waals surface area (Å²) in [6.07, 6.45) is 0. The number of para-hydroxylation sites is 1. The smallest absolute Gasteiger partial charge is 0.277 e. The van der Waals surface area contributed by atoms with Crippen LogP contribution >= 0.6 is 11.8 Å². The number of thioether (sulfide) groups is 1. The molecule has 130 valence electrons. The van der Waals surface area contributed by atoms with Gasteiger partial charge in [0, 0.05) is 14.1 Å². The summed E-state index contributed by atoms with van der Waals surface area (Å²) in [4.78, 5) is 13.9. The number of carbonyl (C=O) groups excluding carboxylic acids is 1. The van der Waals surface area contributed by atoms with E-state index in [1.807, 2.05) is 45.0 Å². The third kappa shape index (κ3) is 4.29. The van der Waals surface area contributed by atoms with E-state index < -0.39 is 0 Å². The maximum absolute atomic E-state index is 12.3. The van der Waals surface area contributed by atoms with E-state index >= 15 is 0 Å². The van der Waals surface area contributed by atoms with Crippen molar-refractivity contribution < 1.29 is 13.9 Å². The van der Waals surface area contributed by atoms with Gasteiger partial charge < -0.3 is 14.1 Å². The summed E-state index contributed by atoms with van der Waals surface area (Å²) >= 11 is 1.30. The minimum Gasteiger partial charge on any atom is -0.493 e. The Labute approximate surface area is 146 Å². The molecule has 0 aliphatic carbocycles. The zero-order chi connectivity index (χ0) is 17.7. The number of hydrogen-bond acceptors (Lipinski definition) is 6. The largest absolute Gasteiger partial charge is 0.493 e. The number of aromatic nitrogens is 2. The molecular weight excluding hydrogens is 326 g/mol. The fourth-order valence-corrected chi connectivity index (χ4v) is 3.14. The van der Waals surface area contributed by atoms with Gasteiger partial charge in [-0.2, -0.15) is 0 Å². The molecule has 1 atom stereocenters. The predicted octanol–water partition coefficient (Wildman–Crippen LogP) is 3.34. The highest BCUT2D eigenvalue weighted by molar-refractivity contribution is 8.00. The first-order valence-electron chi connectivity index (χ1n) is 7.87. The molecule has 0 aliphatic rings. The van der Waals surface area contributed by atoms with Crippen molar-refractivity contribution in [3.63, 3.8) is 0 Å². The minimum atomic E-state index is -0.268. The second kappa shape index (κ2) is 8.19. The Bertz CT molecular complexity index is 685. The summed E-state index contributed by atoms with van der Waals surface area (Å²) in [5.41, 5.74) is 0.749. The van der Waals surface area contributed by atoms with Crippen LogP contribution in [0.15, 0.2) is 33.9 Å². The Hall–Kier alpha value is -2.02. The number of hydrogen-bond donors (Lipinski definition) is 0. The molecule has 0 N–H and O–H groups in total. The fraction of sp³-hybridized carbons (Fsp3) is 0.471. The first kappa shape index (κ1) is 18.3. The quantitative estimate of drug-likeness (QED) is 0.714. The number of benzene rings is 1. The molecule has 2 aromatic rings. The van der Waals surface area contributed by atoms with Crippen molar-refractivity contribution in [1.82, 2.24) is 15.1 Å². The van der Waals surface area contributed by atoms with Crippen molar-refractivity contribution in [2.24, 2.45) is 5.92 Å². The lowest BCUT2D eigenvalue weighted by molar-refractivity contribution is -0.128. The zero-order valence-corrected chi connectivity index (χ0v) is 15.5. The van der Waals surface area contributed by atoms with E-state index in [9.17, 15) is 4.79 Å². The van der Waals surface area contributed by atoms with Gasteiger partial charge in [0.05, 0.1) is 17.4 Å². The van der Waals surface area contributed by atoms with Crippen LogP contribution in [0.5, 0.6) is 5.75 Å². The van der Waals surface area contributed by atoms with Gasteiger partial charge in [0.1, 0.15) is 5.75 Å². The Morgan fingerprint density at radius 1 is 1.29 bits per heavy atom. The van der Waals surface area contributed by atoms with Gasteiger partial charge in [0.25, 0.3) is 11.1 Å². The van der Waals surface area contributed by atoms with Crippen LogP contribution in [-0.2, 0) is 4.79 Å². The topological polar surface area (TPSA) is 68.5 Å². The normalized spacial score (nSPS) is 12.2. The standard InChI is InChI=1S/C17H23N3O3S/c1-6-22-13-10-8-7-9-12(13)15-18-19-17(23-15)24-14(11(2)3)16(21)20(4)5/h7-11,14H,6H2,1-5H3/t14-/m0/s1. The van der Waals surface area contributed by atoms with Crippen LogP contribution in [0.25, 0.3) is 11.5 Å². The third-order valence-corrected chi connectivity index (χ3v) is 4.71. The Kier molecular flexibility index (Phi) is 6.25. The first-order chi connectivity index (χ1) is 11.4. The summed E-state index contributed by atoms with van der Waals surface area (Å²) in [6.45, 7) is 6.48. The second-order valence-corrected chi connectivity index (χ2v) is 6.91. The van der Waals surface area contributed by atoms with E-state index in [0.29, 0.717) is 23.5 Å². The van der Waals surface area contributed by atoms with Crippen LogP contribution in [-0.4, -0.2) is 47.0 Å². The molecule has 1 heterocycles. The molecule has 0 radical (unpaired) electrons. The molecule has 2 rings (SSSR count). The second-order valence-electron chi connectivity index (χ2n) is 5.82. The molecule has 7 heteroatoms. The molecule has 0 unspecified atom stereocenters. The minimum absolute atomic E-state index is 0.0319. The molecule has 1 amide bonds. The molecule has 0 saturated carbocycles. The highest BCUT2D eigenvalue weighted by atomic mass is 32.2. The molecule has 0 spiro atoms. The van der Waals surface area contributed by atoms with Gasteiger partial charge in [0.2, 0.25) is 5.91 Å². The highest BCUT2D eigenvalue weighted by Gasteiger charge is 2.27. The van der Waals surface area contributed by atoms with Crippen molar-refractivity contribution in [1.29, 1.82) is 0 Å². The van der Waals surface area contributed by atoms with Gasteiger partial charge in [0.15, 0.2) is 0 Å². The highest BCUT2D eigenvalue weighted by Crippen LogP contribution is 2.33. The third-order valence-electron chi connectivity index (χ3n) is 3.34. The Morgan fingerprint density at radius 3 is 2.62 bits per heavy atom. The average molecular weight is 349 g/mol. The van der Waals surface area contributed by atoms with Gasteiger partial charge in [-0.3, -0.25) is 4.79 Å². The van der Waals surface area contributed by atoms with Gasteiger partial charge in [-0.15, -0.1) is 10.2 Å². The van der Waals surface area contributed by atoms with Gasteiger partial charge in [-0.05, 0) is 25.0 Å². The number of ether oxygens (including phenoxy) is 1. The van der Waals surface area contributed by atoms with E-state index in [2.05, 4.69) is 10.2 Å². The van der Waals surface area contributed by atoms with Crippen LogP contribution < -0.4 is 4.74 Å². The summed E-state index contributed by atoms with van der Waals surface area (Å²) in [6, 6.07) is 7.52.